The molecule has 0 saturated carbocycles. The molecule has 0 unspecified atom stereocenters. The minimum atomic E-state index is -4.85. The molecule has 1 heterocycles. The third-order valence-corrected chi connectivity index (χ3v) is 5.10. The van der Waals surface area contributed by atoms with Gasteiger partial charge in [-0.25, -0.2) is 9.18 Å². The Morgan fingerprint density at radius 2 is 1.72 bits per heavy atom. The molecule has 2 N–H and O–H groups in total. The van der Waals surface area contributed by atoms with Gasteiger partial charge in [0.05, 0.1) is 12.1 Å². The van der Waals surface area contributed by atoms with Crippen molar-refractivity contribution in [2.75, 3.05) is 38.0 Å². The molecule has 10 heteroatoms. The summed E-state index contributed by atoms with van der Waals surface area (Å²) in [5.41, 5.74) is -0.571. The van der Waals surface area contributed by atoms with Crippen LogP contribution in [0.5, 0.6) is 0 Å². The Labute approximate surface area is 183 Å². The average Bonchev–Trinajstić information content (AvgIpc) is 2.99. The van der Waals surface area contributed by atoms with Gasteiger partial charge in [0.25, 0.3) is 0 Å². The second-order valence-corrected chi connectivity index (χ2v) is 7.50. The highest BCUT2D eigenvalue weighted by Crippen LogP contribution is 2.33. The van der Waals surface area contributed by atoms with E-state index in [1.807, 2.05) is 35.2 Å². The fraction of sp³-hybridized carbons (Fsp3) is 0.364. The van der Waals surface area contributed by atoms with Crippen LogP contribution in [0.1, 0.15) is 17.5 Å². The predicted octanol–water partition coefficient (Wildman–Crippen LogP) is 3.70. The first kappa shape index (κ1) is 23.5. The van der Waals surface area contributed by atoms with Crippen LogP contribution in [0.15, 0.2) is 48.5 Å². The first-order chi connectivity index (χ1) is 15.2. The Balaban J connectivity index is 1.49. The summed E-state index contributed by atoms with van der Waals surface area (Å²) < 4.78 is 52.0. The van der Waals surface area contributed by atoms with Gasteiger partial charge in [-0.05, 0) is 30.2 Å². The van der Waals surface area contributed by atoms with Crippen LogP contribution in [0, 0.1) is 5.82 Å². The maximum absolute atomic E-state index is 13.4. The van der Waals surface area contributed by atoms with Crippen molar-refractivity contribution in [3.05, 3.63) is 65.5 Å². The van der Waals surface area contributed by atoms with Crippen molar-refractivity contribution in [3.63, 3.8) is 0 Å². The Bertz CT molecular complexity index is 937. The van der Waals surface area contributed by atoms with Crippen molar-refractivity contribution < 1.29 is 27.2 Å². The molecule has 0 radical (unpaired) electrons. The highest BCUT2D eigenvalue weighted by Gasteiger charge is 2.34. The molecule has 0 spiro atoms. The highest BCUT2D eigenvalue weighted by molar-refractivity contribution is 5.89. The van der Waals surface area contributed by atoms with Crippen LogP contribution in [-0.4, -0.2) is 54.5 Å². The van der Waals surface area contributed by atoms with Crippen molar-refractivity contribution in [2.24, 2.45) is 0 Å². The van der Waals surface area contributed by atoms with Gasteiger partial charge in [-0.2, -0.15) is 13.2 Å². The Morgan fingerprint density at radius 3 is 2.44 bits per heavy atom. The van der Waals surface area contributed by atoms with E-state index in [-0.39, 0.29) is 18.1 Å². The van der Waals surface area contributed by atoms with Gasteiger partial charge < -0.3 is 15.5 Å². The fourth-order valence-corrected chi connectivity index (χ4v) is 3.41. The summed E-state index contributed by atoms with van der Waals surface area (Å²) in [5.74, 6) is -1.52. The minimum absolute atomic E-state index is 0.127. The van der Waals surface area contributed by atoms with Crippen molar-refractivity contribution in [1.82, 2.24) is 15.1 Å². The predicted molar refractivity (Wildman–Crippen MR) is 111 cm³/mol. The number of carbonyl (C=O) groups excluding carboxylic acids is 2. The molecule has 1 fully saturated rings. The van der Waals surface area contributed by atoms with Gasteiger partial charge in [0.2, 0.25) is 5.91 Å². The standard InChI is InChI=1S/C22H24F4N4O2/c23-19-8-7-17(13-18(19)22(24,25)26)28-21(32)30-10-4-9-29(11-12-30)15-20(31)27-14-16-5-2-1-3-6-16/h1-3,5-8,13H,4,9-12,14-15H2,(H,27,31)(H,28,32). The summed E-state index contributed by atoms with van der Waals surface area (Å²) in [7, 11) is 0. The van der Waals surface area contributed by atoms with E-state index >= 15 is 0 Å². The average molecular weight is 452 g/mol. The number of halogens is 4. The third-order valence-electron chi connectivity index (χ3n) is 5.10. The molecule has 3 rings (SSSR count). The molecule has 0 aliphatic carbocycles. The molecular weight excluding hydrogens is 428 g/mol. The Hall–Kier alpha value is -3.14. The summed E-state index contributed by atoms with van der Waals surface area (Å²) >= 11 is 0. The summed E-state index contributed by atoms with van der Waals surface area (Å²) in [6.45, 7) is 2.38. The van der Waals surface area contributed by atoms with Gasteiger partial charge in [-0.3, -0.25) is 9.69 Å². The van der Waals surface area contributed by atoms with Gasteiger partial charge in [0.1, 0.15) is 5.82 Å². The van der Waals surface area contributed by atoms with Gasteiger partial charge in [-0.1, -0.05) is 30.3 Å². The molecule has 0 atom stereocenters. The number of nitrogens with one attached hydrogen (secondary N) is 2. The van der Waals surface area contributed by atoms with E-state index in [0.717, 1.165) is 11.6 Å². The van der Waals surface area contributed by atoms with Crippen LogP contribution in [0.3, 0.4) is 0 Å². The maximum Gasteiger partial charge on any atom is 0.419 e. The molecule has 2 aromatic carbocycles. The molecular formula is C22H24F4N4O2. The van der Waals surface area contributed by atoms with Crippen molar-refractivity contribution in [3.8, 4) is 0 Å². The number of nitrogens with zero attached hydrogens (tertiary/aromatic N) is 2. The van der Waals surface area contributed by atoms with Crippen LogP contribution in [0.2, 0.25) is 0 Å². The normalized spacial score (nSPS) is 15.2. The quantitative estimate of drug-likeness (QED) is 0.680. The molecule has 3 amide bonds. The Kier molecular flexibility index (Phi) is 7.68. The number of rotatable bonds is 5. The number of alkyl halides is 3. The first-order valence-electron chi connectivity index (χ1n) is 10.2. The van der Waals surface area contributed by atoms with E-state index in [4.69, 9.17) is 0 Å². The SMILES string of the molecule is O=C(CN1CCCN(C(=O)Nc2ccc(F)c(C(F)(F)F)c2)CC1)NCc1ccccc1. The number of benzene rings is 2. The van der Waals surface area contributed by atoms with Gasteiger partial charge in [-0.15, -0.1) is 0 Å². The molecule has 1 aliphatic rings. The van der Waals surface area contributed by atoms with Crippen molar-refractivity contribution >= 4 is 17.6 Å². The lowest BCUT2D eigenvalue weighted by Gasteiger charge is -2.22. The van der Waals surface area contributed by atoms with Crippen LogP contribution in [0.25, 0.3) is 0 Å². The summed E-state index contributed by atoms with van der Waals surface area (Å²) in [6, 6.07) is 11.3. The molecule has 1 aliphatic heterocycles. The lowest BCUT2D eigenvalue weighted by atomic mass is 10.2. The largest absolute Gasteiger partial charge is 0.419 e. The molecule has 2 aromatic rings. The van der Waals surface area contributed by atoms with E-state index in [2.05, 4.69) is 10.6 Å². The lowest BCUT2D eigenvalue weighted by Crippen LogP contribution is -2.40. The van der Waals surface area contributed by atoms with Crippen LogP contribution < -0.4 is 10.6 Å². The monoisotopic (exact) mass is 452 g/mol. The number of carbonyl (C=O) groups is 2. The van der Waals surface area contributed by atoms with Crippen LogP contribution >= 0.6 is 0 Å². The minimum Gasteiger partial charge on any atom is -0.351 e. The zero-order valence-electron chi connectivity index (χ0n) is 17.3. The summed E-state index contributed by atoms with van der Waals surface area (Å²) in [4.78, 5) is 28.1. The zero-order chi connectivity index (χ0) is 23.1. The molecule has 0 aromatic heterocycles. The molecule has 32 heavy (non-hydrogen) atoms. The number of hydrogen-bond donors (Lipinski definition) is 2. The molecule has 6 nitrogen and oxygen atoms in total. The molecule has 0 bridgehead atoms. The van der Waals surface area contributed by atoms with E-state index in [0.29, 0.717) is 51.3 Å². The van der Waals surface area contributed by atoms with Gasteiger partial charge >= 0.3 is 12.2 Å². The second-order valence-electron chi connectivity index (χ2n) is 7.50. The smallest absolute Gasteiger partial charge is 0.351 e. The van der Waals surface area contributed by atoms with E-state index in [1.54, 1.807) is 0 Å². The topological polar surface area (TPSA) is 64.7 Å². The van der Waals surface area contributed by atoms with Crippen molar-refractivity contribution in [1.29, 1.82) is 0 Å². The van der Waals surface area contributed by atoms with Crippen LogP contribution in [0.4, 0.5) is 28.0 Å². The van der Waals surface area contributed by atoms with Crippen LogP contribution in [-0.2, 0) is 17.5 Å². The number of anilines is 1. The van der Waals surface area contributed by atoms with Crippen molar-refractivity contribution in [2.45, 2.75) is 19.1 Å². The van der Waals surface area contributed by atoms with E-state index < -0.39 is 23.6 Å². The number of hydrogen-bond acceptors (Lipinski definition) is 3. The maximum atomic E-state index is 13.4. The highest BCUT2D eigenvalue weighted by atomic mass is 19.4. The third kappa shape index (κ3) is 6.68. The zero-order valence-corrected chi connectivity index (χ0v) is 17.3. The van der Waals surface area contributed by atoms with Gasteiger partial charge in [0.15, 0.2) is 0 Å². The number of urea groups is 1. The van der Waals surface area contributed by atoms with E-state index in [9.17, 15) is 27.2 Å². The molecule has 172 valence electrons. The summed E-state index contributed by atoms with van der Waals surface area (Å²) in [5, 5.41) is 5.25. The fourth-order valence-electron chi connectivity index (χ4n) is 3.41. The summed E-state index contributed by atoms with van der Waals surface area (Å²) in [6.07, 6.45) is -4.24. The first-order valence-corrected chi connectivity index (χ1v) is 10.2. The van der Waals surface area contributed by atoms with Gasteiger partial charge in [0, 0.05) is 38.4 Å². The lowest BCUT2D eigenvalue weighted by molar-refractivity contribution is -0.140. The van der Waals surface area contributed by atoms with E-state index in [1.165, 1.54) is 4.90 Å². The Morgan fingerprint density at radius 1 is 0.969 bits per heavy atom. The molecule has 1 saturated heterocycles. The second kappa shape index (κ2) is 10.4. The number of amides is 3.